The molecule has 0 spiro atoms. The Morgan fingerprint density at radius 1 is 1.20 bits per heavy atom. The van der Waals surface area contributed by atoms with Gasteiger partial charge in [-0.25, -0.2) is 4.68 Å². The van der Waals surface area contributed by atoms with E-state index in [0.717, 1.165) is 10.4 Å². The van der Waals surface area contributed by atoms with E-state index in [-0.39, 0.29) is 10.9 Å². The van der Waals surface area contributed by atoms with Crippen LogP contribution in [0.2, 0.25) is 0 Å². The molecular formula is C16H15N7OS. The number of hydrogen-bond donors (Lipinski definition) is 1. The largest absolute Gasteiger partial charge is 0.334 e. The summed E-state index contributed by atoms with van der Waals surface area (Å²) < 4.78 is 2.69. The van der Waals surface area contributed by atoms with Crippen LogP contribution in [-0.4, -0.2) is 24.7 Å². The Balaban J connectivity index is 1.99. The normalized spacial score (nSPS) is 10.6. The molecule has 3 rings (SSSR count). The van der Waals surface area contributed by atoms with Crippen LogP contribution in [0.3, 0.4) is 0 Å². The van der Waals surface area contributed by atoms with E-state index in [1.807, 2.05) is 30.3 Å². The lowest BCUT2D eigenvalue weighted by Crippen LogP contribution is -2.32. The molecule has 0 unspecified atom stereocenters. The second-order valence-corrected chi connectivity index (χ2v) is 6.24. The molecule has 0 atom stereocenters. The fraction of sp³-hybridized carbons (Fsp3) is 0.188. The van der Waals surface area contributed by atoms with Gasteiger partial charge in [0.25, 0.3) is 5.56 Å². The minimum atomic E-state index is -0.397. The first-order valence-corrected chi connectivity index (χ1v) is 8.39. The van der Waals surface area contributed by atoms with Gasteiger partial charge in [0.05, 0.1) is 22.6 Å². The van der Waals surface area contributed by atoms with E-state index in [0.29, 0.717) is 22.7 Å². The predicted molar refractivity (Wildman–Crippen MR) is 93.8 cm³/mol. The average Bonchev–Trinajstić information content (AvgIpc) is 2.95. The molecule has 0 amide bonds. The van der Waals surface area contributed by atoms with Crippen LogP contribution in [-0.2, 0) is 5.75 Å². The van der Waals surface area contributed by atoms with Crippen LogP contribution in [0.25, 0.3) is 5.69 Å². The number of hydrogen-bond acceptors (Lipinski definition) is 7. The van der Waals surface area contributed by atoms with Gasteiger partial charge in [-0.1, -0.05) is 30.0 Å². The van der Waals surface area contributed by atoms with Crippen molar-refractivity contribution in [3.05, 3.63) is 63.3 Å². The SMILES string of the molecule is Cc1nn(-c2ccccc2)c(CSc2nnc(C)c(=O)n2N)c1C#N. The van der Waals surface area contributed by atoms with Gasteiger partial charge in [0, 0.05) is 5.75 Å². The van der Waals surface area contributed by atoms with Gasteiger partial charge in [-0.3, -0.25) is 4.79 Å². The van der Waals surface area contributed by atoms with Gasteiger partial charge in [0.1, 0.15) is 11.8 Å². The first-order valence-electron chi connectivity index (χ1n) is 7.41. The lowest BCUT2D eigenvalue weighted by Gasteiger charge is -2.09. The van der Waals surface area contributed by atoms with E-state index in [1.54, 1.807) is 18.5 Å². The summed E-state index contributed by atoms with van der Waals surface area (Å²) >= 11 is 1.23. The van der Waals surface area contributed by atoms with E-state index < -0.39 is 5.56 Å². The van der Waals surface area contributed by atoms with Gasteiger partial charge in [-0.15, -0.1) is 10.2 Å². The van der Waals surface area contributed by atoms with Crippen molar-refractivity contribution in [2.45, 2.75) is 24.8 Å². The molecule has 8 nitrogen and oxygen atoms in total. The van der Waals surface area contributed by atoms with E-state index in [9.17, 15) is 10.1 Å². The highest BCUT2D eigenvalue weighted by Crippen LogP contribution is 2.25. The maximum absolute atomic E-state index is 11.9. The van der Waals surface area contributed by atoms with Crippen molar-refractivity contribution >= 4 is 11.8 Å². The van der Waals surface area contributed by atoms with Crippen molar-refractivity contribution in [1.82, 2.24) is 24.7 Å². The van der Waals surface area contributed by atoms with Crippen LogP contribution in [0, 0.1) is 25.2 Å². The van der Waals surface area contributed by atoms with Crippen molar-refractivity contribution in [2.75, 3.05) is 5.84 Å². The fourth-order valence-corrected chi connectivity index (χ4v) is 3.19. The number of nitrogens with two attached hydrogens (primary N) is 1. The standard InChI is InChI=1S/C16H15N7OS/c1-10-13(8-17)14(23(21-10)12-6-4-3-5-7-12)9-25-16-20-19-11(2)15(24)22(16)18/h3-7H,9,18H2,1-2H3. The maximum Gasteiger partial charge on any atom is 0.294 e. The average molecular weight is 353 g/mol. The molecule has 0 saturated heterocycles. The number of thioether (sulfide) groups is 1. The Labute approximate surface area is 147 Å². The lowest BCUT2D eigenvalue weighted by atomic mass is 10.2. The number of benzene rings is 1. The van der Waals surface area contributed by atoms with Crippen LogP contribution in [0.5, 0.6) is 0 Å². The number of aryl methyl sites for hydroxylation is 2. The van der Waals surface area contributed by atoms with Gasteiger partial charge < -0.3 is 5.84 Å². The van der Waals surface area contributed by atoms with Gasteiger partial charge >= 0.3 is 0 Å². The van der Waals surface area contributed by atoms with Crippen molar-refractivity contribution in [2.24, 2.45) is 0 Å². The maximum atomic E-state index is 11.9. The molecule has 0 aliphatic rings. The molecule has 2 heterocycles. The molecular weight excluding hydrogens is 338 g/mol. The van der Waals surface area contributed by atoms with Crippen LogP contribution in [0.1, 0.15) is 22.6 Å². The highest BCUT2D eigenvalue weighted by molar-refractivity contribution is 7.98. The fourth-order valence-electron chi connectivity index (χ4n) is 2.34. The molecule has 0 aliphatic carbocycles. The Morgan fingerprint density at radius 2 is 1.92 bits per heavy atom. The molecule has 9 heteroatoms. The summed E-state index contributed by atoms with van der Waals surface area (Å²) in [4.78, 5) is 11.9. The van der Waals surface area contributed by atoms with Crippen LogP contribution >= 0.6 is 11.8 Å². The van der Waals surface area contributed by atoms with Crippen molar-refractivity contribution in [3.63, 3.8) is 0 Å². The third kappa shape index (κ3) is 3.12. The Bertz CT molecular complexity index is 1020. The number of aromatic nitrogens is 5. The number of rotatable bonds is 4. The van der Waals surface area contributed by atoms with E-state index >= 15 is 0 Å². The molecule has 126 valence electrons. The third-order valence-electron chi connectivity index (χ3n) is 3.63. The highest BCUT2D eigenvalue weighted by atomic mass is 32.2. The molecule has 3 aromatic rings. The molecule has 0 fully saturated rings. The molecule has 1 aromatic carbocycles. The number of nitriles is 1. The molecule has 0 aliphatic heterocycles. The van der Waals surface area contributed by atoms with Crippen LogP contribution in [0.15, 0.2) is 40.3 Å². The molecule has 0 bridgehead atoms. The molecule has 0 radical (unpaired) electrons. The summed E-state index contributed by atoms with van der Waals surface area (Å²) in [7, 11) is 0. The quantitative estimate of drug-likeness (QED) is 0.555. The van der Waals surface area contributed by atoms with Gasteiger partial charge in [-0.2, -0.15) is 15.0 Å². The minimum absolute atomic E-state index is 0.231. The van der Waals surface area contributed by atoms with Crippen molar-refractivity contribution < 1.29 is 0 Å². The first-order chi connectivity index (χ1) is 12.0. The topological polar surface area (TPSA) is 115 Å². The first kappa shape index (κ1) is 16.7. The summed E-state index contributed by atoms with van der Waals surface area (Å²) in [6.45, 7) is 3.34. The summed E-state index contributed by atoms with van der Waals surface area (Å²) in [6, 6.07) is 11.7. The predicted octanol–water partition coefficient (Wildman–Crippen LogP) is 1.32. The van der Waals surface area contributed by atoms with E-state index in [4.69, 9.17) is 5.84 Å². The molecule has 2 N–H and O–H groups in total. The zero-order valence-corrected chi connectivity index (χ0v) is 14.5. The Kier molecular flexibility index (Phi) is 4.54. The molecule has 0 saturated carbocycles. The number of nitrogen functional groups attached to an aromatic ring is 1. The Morgan fingerprint density at radius 3 is 2.60 bits per heavy atom. The van der Waals surface area contributed by atoms with E-state index in [2.05, 4.69) is 21.4 Å². The highest BCUT2D eigenvalue weighted by Gasteiger charge is 2.18. The van der Waals surface area contributed by atoms with Gasteiger partial charge in [0.2, 0.25) is 5.16 Å². The number of nitrogens with zero attached hydrogens (tertiary/aromatic N) is 6. The second kappa shape index (κ2) is 6.78. The van der Waals surface area contributed by atoms with Crippen molar-refractivity contribution in [3.8, 4) is 11.8 Å². The summed E-state index contributed by atoms with van der Waals surface area (Å²) in [5.74, 6) is 6.13. The number of para-hydroxylation sites is 1. The molecule has 2 aromatic heterocycles. The summed E-state index contributed by atoms with van der Waals surface area (Å²) in [5.41, 5.74) is 2.54. The summed E-state index contributed by atoms with van der Waals surface area (Å²) in [5, 5.41) is 22.0. The van der Waals surface area contributed by atoms with Gasteiger partial charge in [0.15, 0.2) is 0 Å². The third-order valence-corrected chi connectivity index (χ3v) is 4.58. The zero-order chi connectivity index (χ0) is 18.0. The van der Waals surface area contributed by atoms with Crippen LogP contribution in [0.4, 0.5) is 0 Å². The summed E-state index contributed by atoms with van der Waals surface area (Å²) in [6.07, 6.45) is 0. The monoisotopic (exact) mass is 353 g/mol. The lowest BCUT2D eigenvalue weighted by molar-refractivity contribution is 0.681. The second-order valence-electron chi connectivity index (χ2n) is 5.30. The van der Waals surface area contributed by atoms with Gasteiger partial charge in [-0.05, 0) is 26.0 Å². The Hall–Kier alpha value is -3.12. The van der Waals surface area contributed by atoms with E-state index in [1.165, 1.54) is 11.8 Å². The minimum Gasteiger partial charge on any atom is -0.334 e. The zero-order valence-electron chi connectivity index (χ0n) is 13.7. The van der Waals surface area contributed by atoms with Crippen molar-refractivity contribution in [1.29, 1.82) is 5.26 Å². The smallest absolute Gasteiger partial charge is 0.294 e. The van der Waals surface area contributed by atoms with Crippen LogP contribution < -0.4 is 11.4 Å². The molecule has 25 heavy (non-hydrogen) atoms.